The Hall–Kier alpha value is -3.61. The van der Waals surface area contributed by atoms with E-state index >= 15 is 0 Å². The molecule has 1 heterocycles. The highest BCUT2D eigenvalue weighted by Crippen LogP contribution is 2.44. The topological polar surface area (TPSA) is 95.9 Å². The second-order valence-electron chi connectivity index (χ2n) is 10.2. The molecule has 2 aromatic carbocycles. The summed E-state index contributed by atoms with van der Waals surface area (Å²) in [5.74, 6) is -1.04. The summed E-state index contributed by atoms with van der Waals surface area (Å²) in [5, 5.41) is 12.3. The molecule has 7 heteroatoms. The molecule has 2 aromatic rings. The van der Waals surface area contributed by atoms with Crippen LogP contribution in [0.1, 0.15) is 50.2 Å². The molecule has 1 aliphatic carbocycles. The van der Waals surface area contributed by atoms with E-state index in [1.54, 1.807) is 11.0 Å². The van der Waals surface area contributed by atoms with Gasteiger partial charge in [-0.3, -0.25) is 9.59 Å². The van der Waals surface area contributed by atoms with Crippen molar-refractivity contribution in [3.8, 4) is 11.1 Å². The van der Waals surface area contributed by atoms with E-state index in [2.05, 4.69) is 36.2 Å². The molecule has 0 spiro atoms. The summed E-state index contributed by atoms with van der Waals surface area (Å²) in [4.78, 5) is 38.3. The molecule has 184 valence electrons. The lowest BCUT2D eigenvalue weighted by molar-refractivity contribution is -0.165. The normalized spacial score (nSPS) is 16.0. The Balaban J connectivity index is 1.28. The van der Waals surface area contributed by atoms with Crippen LogP contribution in [0.25, 0.3) is 11.1 Å². The standard InChI is InChI=1S/C28H32N2O5/c1-4-14-28(25(32)33)17-30(18-28)24(31)13-15-27(2,3)29-26(34)35-16-23-21-11-7-5-9-19(21)20-10-6-8-12-22(20)23/h4-12,23H,1,13-18H2,2-3H3,(H,29,34)(H,32,33). The molecule has 1 saturated heterocycles. The average molecular weight is 477 g/mol. The fraction of sp³-hybridized carbons (Fsp3) is 0.393. The van der Waals surface area contributed by atoms with Gasteiger partial charge in [0.15, 0.2) is 0 Å². The predicted molar refractivity (Wildman–Crippen MR) is 133 cm³/mol. The second kappa shape index (κ2) is 9.56. The molecule has 0 radical (unpaired) electrons. The van der Waals surface area contributed by atoms with E-state index < -0.39 is 23.0 Å². The van der Waals surface area contributed by atoms with Crippen LogP contribution in [0.3, 0.4) is 0 Å². The number of ether oxygens (including phenoxy) is 1. The van der Waals surface area contributed by atoms with Gasteiger partial charge in [-0.1, -0.05) is 54.6 Å². The highest BCUT2D eigenvalue weighted by atomic mass is 16.5. The van der Waals surface area contributed by atoms with Crippen molar-refractivity contribution in [3.63, 3.8) is 0 Å². The van der Waals surface area contributed by atoms with Gasteiger partial charge in [0, 0.05) is 31.0 Å². The number of carbonyl (C=O) groups excluding carboxylic acids is 2. The lowest BCUT2D eigenvalue weighted by atomic mass is 9.76. The maximum Gasteiger partial charge on any atom is 0.407 e. The molecule has 2 aliphatic rings. The largest absolute Gasteiger partial charge is 0.481 e. The van der Waals surface area contributed by atoms with E-state index in [9.17, 15) is 19.5 Å². The van der Waals surface area contributed by atoms with Gasteiger partial charge >= 0.3 is 12.1 Å². The number of alkyl carbamates (subject to hydrolysis) is 1. The predicted octanol–water partition coefficient (Wildman–Crippen LogP) is 4.57. The SMILES string of the molecule is C=CCC1(C(=O)O)CN(C(=O)CCC(C)(C)NC(=O)OCC2c3ccccc3-c3ccccc32)C1. The molecule has 2 amide bonds. The van der Waals surface area contributed by atoms with Crippen molar-refractivity contribution in [3.05, 3.63) is 72.3 Å². The zero-order chi connectivity index (χ0) is 25.2. The summed E-state index contributed by atoms with van der Waals surface area (Å²) in [5.41, 5.74) is 3.05. The Morgan fingerprint density at radius 1 is 1.11 bits per heavy atom. The molecule has 1 fully saturated rings. The Bertz CT molecular complexity index is 1100. The number of nitrogens with zero attached hydrogens (tertiary/aromatic N) is 1. The van der Waals surface area contributed by atoms with E-state index in [0.29, 0.717) is 12.8 Å². The van der Waals surface area contributed by atoms with E-state index in [-0.39, 0.29) is 37.9 Å². The third kappa shape index (κ3) is 4.94. The van der Waals surface area contributed by atoms with Crippen LogP contribution in [-0.4, -0.2) is 53.2 Å². The van der Waals surface area contributed by atoms with Gasteiger partial charge in [-0.15, -0.1) is 6.58 Å². The number of carboxylic acids is 1. The summed E-state index contributed by atoms with van der Waals surface area (Å²) in [6.07, 6.45) is 2.01. The number of carbonyl (C=O) groups is 3. The zero-order valence-electron chi connectivity index (χ0n) is 20.3. The molecular formula is C28H32N2O5. The number of amides is 2. The molecule has 0 unspecified atom stereocenters. The number of allylic oxidation sites excluding steroid dienone is 1. The number of hydrogen-bond acceptors (Lipinski definition) is 4. The van der Waals surface area contributed by atoms with E-state index in [4.69, 9.17) is 4.74 Å². The number of carboxylic acid groups (broad SMARTS) is 1. The van der Waals surface area contributed by atoms with Crippen molar-refractivity contribution in [2.75, 3.05) is 19.7 Å². The first-order valence-corrected chi connectivity index (χ1v) is 11.9. The van der Waals surface area contributed by atoms with Gasteiger partial charge in [-0.2, -0.15) is 0 Å². The van der Waals surface area contributed by atoms with Crippen molar-refractivity contribution in [1.82, 2.24) is 10.2 Å². The van der Waals surface area contributed by atoms with Crippen molar-refractivity contribution >= 4 is 18.0 Å². The summed E-state index contributed by atoms with van der Waals surface area (Å²) >= 11 is 0. The molecule has 1 aliphatic heterocycles. The molecular weight excluding hydrogens is 444 g/mol. The van der Waals surface area contributed by atoms with Crippen LogP contribution in [0, 0.1) is 5.41 Å². The number of likely N-dealkylation sites (tertiary alicyclic amines) is 1. The van der Waals surface area contributed by atoms with Gasteiger partial charge in [-0.05, 0) is 48.9 Å². The summed E-state index contributed by atoms with van der Waals surface area (Å²) < 4.78 is 5.62. The van der Waals surface area contributed by atoms with Gasteiger partial charge in [0.05, 0.1) is 0 Å². The van der Waals surface area contributed by atoms with Gasteiger partial charge in [0.25, 0.3) is 0 Å². The minimum Gasteiger partial charge on any atom is -0.481 e. The molecule has 7 nitrogen and oxygen atoms in total. The molecule has 2 N–H and O–H groups in total. The molecule has 0 aromatic heterocycles. The van der Waals surface area contributed by atoms with Gasteiger partial charge in [0.1, 0.15) is 12.0 Å². The molecule has 4 rings (SSSR count). The first-order valence-electron chi connectivity index (χ1n) is 11.9. The Morgan fingerprint density at radius 3 is 2.23 bits per heavy atom. The first kappa shape index (κ1) is 24.5. The molecule has 0 saturated carbocycles. The number of rotatable bonds is 9. The smallest absolute Gasteiger partial charge is 0.407 e. The maximum atomic E-state index is 12.6. The quantitative estimate of drug-likeness (QED) is 0.517. The van der Waals surface area contributed by atoms with Crippen LogP contribution in [0.5, 0.6) is 0 Å². The lowest BCUT2D eigenvalue weighted by Crippen LogP contribution is -2.62. The second-order valence-corrected chi connectivity index (χ2v) is 10.2. The Kier molecular flexibility index (Phi) is 6.70. The third-order valence-electron chi connectivity index (χ3n) is 7.08. The third-order valence-corrected chi connectivity index (χ3v) is 7.08. The first-order chi connectivity index (χ1) is 16.7. The van der Waals surface area contributed by atoms with Crippen LogP contribution < -0.4 is 5.32 Å². The lowest BCUT2D eigenvalue weighted by Gasteiger charge is -2.47. The zero-order valence-corrected chi connectivity index (χ0v) is 20.3. The van der Waals surface area contributed by atoms with Crippen LogP contribution in [0.2, 0.25) is 0 Å². The monoisotopic (exact) mass is 476 g/mol. The molecule has 0 bridgehead atoms. The summed E-state index contributed by atoms with van der Waals surface area (Å²) in [6.45, 7) is 7.91. The fourth-order valence-corrected chi connectivity index (χ4v) is 5.04. The highest BCUT2D eigenvalue weighted by molar-refractivity contribution is 5.84. The molecule has 0 atom stereocenters. The van der Waals surface area contributed by atoms with Crippen LogP contribution in [-0.2, 0) is 14.3 Å². The molecule has 35 heavy (non-hydrogen) atoms. The fourth-order valence-electron chi connectivity index (χ4n) is 5.04. The number of fused-ring (bicyclic) bond motifs is 3. The van der Waals surface area contributed by atoms with Crippen molar-refractivity contribution in [2.24, 2.45) is 5.41 Å². The number of benzene rings is 2. The minimum atomic E-state index is -0.924. The average Bonchev–Trinajstić information content (AvgIpc) is 3.11. The van der Waals surface area contributed by atoms with E-state index in [1.807, 2.05) is 38.1 Å². The maximum absolute atomic E-state index is 12.6. The summed E-state index contributed by atoms with van der Waals surface area (Å²) in [6, 6.07) is 16.3. The van der Waals surface area contributed by atoms with Gasteiger partial charge < -0.3 is 20.1 Å². The van der Waals surface area contributed by atoms with Crippen molar-refractivity contribution < 1.29 is 24.2 Å². The number of nitrogens with one attached hydrogen (secondary N) is 1. The van der Waals surface area contributed by atoms with Crippen molar-refractivity contribution in [1.29, 1.82) is 0 Å². The van der Waals surface area contributed by atoms with Crippen molar-refractivity contribution in [2.45, 2.75) is 44.6 Å². The van der Waals surface area contributed by atoms with Gasteiger partial charge in [0.2, 0.25) is 5.91 Å². The van der Waals surface area contributed by atoms with Gasteiger partial charge in [-0.25, -0.2) is 4.79 Å². The highest BCUT2D eigenvalue weighted by Gasteiger charge is 2.50. The van der Waals surface area contributed by atoms with Crippen LogP contribution in [0.4, 0.5) is 4.79 Å². The number of hydrogen-bond donors (Lipinski definition) is 2. The van der Waals surface area contributed by atoms with Crippen LogP contribution in [0.15, 0.2) is 61.2 Å². The van der Waals surface area contributed by atoms with Crippen LogP contribution >= 0.6 is 0 Å². The number of aliphatic carboxylic acids is 1. The van der Waals surface area contributed by atoms with E-state index in [0.717, 1.165) is 11.1 Å². The Labute approximate surface area is 205 Å². The Morgan fingerprint density at radius 2 is 1.69 bits per heavy atom. The summed E-state index contributed by atoms with van der Waals surface area (Å²) in [7, 11) is 0. The van der Waals surface area contributed by atoms with E-state index in [1.165, 1.54) is 11.1 Å². The minimum absolute atomic E-state index is 0.0191.